The van der Waals surface area contributed by atoms with Gasteiger partial charge in [-0.15, -0.1) is 0 Å². The van der Waals surface area contributed by atoms with Crippen LogP contribution in [0.5, 0.6) is 11.5 Å². The summed E-state index contributed by atoms with van der Waals surface area (Å²) in [5.74, 6) is 0.592. The van der Waals surface area contributed by atoms with Crippen LogP contribution >= 0.6 is 26.6 Å². The van der Waals surface area contributed by atoms with Gasteiger partial charge in [0.05, 0.1) is 11.6 Å². The smallest absolute Gasteiger partial charge is 0.262 e. The molecule has 1 aromatic rings. The topological polar surface area (TPSA) is 61.8 Å². The maximum atomic E-state index is 11.3. The number of methoxy groups -OCH3 is 2. The number of ether oxygens (including phenoxy) is 3. The Hall–Kier alpha value is -0.500. The third-order valence-corrected chi connectivity index (χ3v) is 4.24. The number of rotatable bonds is 5. The van der Waals surface area contributed by atoms with Crippen molar-refractivity contribution in [3.8, 4) is 11.5 Å². The lowest BCUT2D eigenvalue weighted by Crippen LogP contribution is -2.03. The van der Waals surface area contributed by atoms with Gasteiger partial charge in [-0.1, -0.05) is 0 Å². The lowest BCUT2D eigenvalue weighted by molar-refractivity contribution is 0.0484. The van der Waals surface area contributed by atoms with E-state index in [-0.39, 0.29) is 21.9 Å². The van der Waals surface area contributed by atoms with Crippen LogP contribution in [0.4, 0.5) is 0 Å². The average Bonchev–Trinajstić information content (AvgIpc) is 2.25. The van der Waals surface area contributed by atoms with Crippen LogP contribution < -0.4 is 9.47 Å². The fourth-order valence-corrected chi connectivity index (χ4v) is 3.41. The summed E-state index contributed by atoms with van der Waals surface area (Å²) in [6.07, 6.45) is 0. The number of hydrogen-bond acceptors (Lipinski definition) is 5. The molecular formula is C9H10BrClO5S. The maximum absolute atomic E-state index is 11.3. The Balaban J connectivity index is 3.32. The molecule has 0 unspecified atom stereocenters. The Bertz CT molecular complexity index is 502. The number of benzene rings is 1. The van der Waals surface area contributed by atoms with Crippen molar-refractivity contribution in [3.05, 3.63) is 16.6 Å². The highest BCUT2D eigenvalue weighted by Crippen LogP contribution is 2.40. The first-order chi connectivity index (χ1) is 7.91. The highest BCUT2D eigenvalue weighted by atomic mass is 79.9. The van der Waals surface area contributed by atoms with Gasteiger partial charge in [0, 0.05) is 17.8 Å². The lowest BCUT2D eigenvalue weighted by Gasteiger charge is -2.13. The predicted octanol–water partition coefficient (Wildman–Crippen LogP) is 2.37. The molecule has 0 aromatic heterocycles. The quantitative estimate of drug-likeness (QED) is 0.605. The Morgan fingerprint density at radius 1 is 1.35 bits per heavy atom. The first-order valence-corrected chi connectivity index (χ1v) is 7.45. The van der Waals surface area contributed by atoms with Crippen molar-refractivity contribution in [1.29, 1.82) is 0 Å². The van der Waals surface area contributed by atoms with Gasteiger partial charge in [0.25, 0.3) is 9.05 Å². The Morgan fingerprint density at radius 2 is 2.00 bits per heavy atom. The first-order valence-electron chi connectivity index (χ1n) is 4.34. The zero-order valence-corrected chi connectivity index (χ0v) is 12.2. The molecule has 17 heavy (non-hydrogen) atoms. The monoisotopic (exact) mass is 344 g/mol. The van der Waals surface area contributed by atoms with Gasteiger partial charge < -0.3 is 14.2 Å². The molecule has 0 saturated carbocycles. The molecule has 0 saturated heterocycles. The van der Waals surface area contributed by atoms with Crippen molar-refractivity contribution in [2.75, 3.05) is 21.0 Å². The third-order valence-electron chi connectivity index (χ3n) is 1.83. The molecule has 96 valence electrons. The van der Waals surface area contributed by atoms with E-state index < -0.39 is 9.05 Å². The minimum atomic E-state index is -3.86. The second-order valence-corrected chi connectivity index (χ2v) is 6.23. The SMILES string of the molecule is COCOc1c(OC)ccc(S(=O)(=O)Cl)c1Br. The lowest BCUT2D eigenvalue weighted by atomic mass is 10.3. The van der Waals surface area contributed by atoms with Crippen molar-refractivity contribution in [1.82, 2.24) is 0 Å². The van der Waals surface area contributed by atoms with Crippen molar-refractivity contribution in [3.63, 3.8) is 0 Å². The average molecular weight is 346 g/mol. The molecule has 0 spiro atoms. The van der Waals surface area contributed by atoms with Gasteiger partial charge in [0.15, 0.2) is 18.3 Å². The largest absolute Gasteiger partial charge is 0.493 e. The summed E-state index contributed by atoms with van der Waals surface area (Å²) in [5.41, 5.74) is 0. The standard InChI is InChI=1S/C9H10BrClO5S/c1-14-5-16-9-6(15-2)3-4-7(8(9)10)17(11,12)13/h3-4H,5H2,1-2H3. The van der Waals surface area contributed by atoms with Crippen LogP contribution in [0.15, 0.2) is 21.5 Å². The normalized spacial score (nSPS) is 11.3. The fraction of sp³-hybridized carbons (Fsp3) is 0.333. The molecule has 0 fully saturated rings. The highest BCUT2D eigenvalue weighted by Gasteiger charge is 2.21. The number of halogens is 2. The Kier molecular flexibility index (Phi) is 5.05. The van der Waals surface area contributed by atoms with Gasteiger partial charge in [-0.2, -0.15) is 0 Å². The van der Waals surface area contributed by atoms with Crippen LogP contribution in [-0.4, -0.2) is 29.4 Å². The van der Waals surface area contributed by atoms with Gasteiger partial charge in [-0.05, 0) is 28.1 Å². The van der Waals surface area contributed by atoms with E-state index in [0.717, 1.165) is 0 Å². The van der Waals surface area contributed by atoms with Crippen molar-refractivity contribution in [2.45, 2.75) is 4.90 Å². The highest BCUT2D eigenvalue weighted by molar-refractivity contribution is 9.10. The third kappa shape index (κ3) is 3.48. The second-order valence-electron chi connectivity index (χ2n) is 2.90. The molecule has 0 aliphatic heterocycles. The fourth-order valence-electron chi connectivity index (χ4n) is 1.12. The van der Waals surface area contributed by atoms with Crippen LogP contribution in [0.2, 0.25) is 0 Å². The van der Waals surface area contributed by atoms with Gasteiger partial charge >= 0.3 is 0 Å². The van der Waals surface area contributed by atoms with Crippen molar-refractivity contribution < 1.29 is 22.6 Å². The molecule has 5 nitrogen and oxygen atoms in total. The molecule has 0 N–H and O–H groups in total. The Morgan fingerprint density at radius 3 is 2.47 bits per heavy atom. The molecule has 0 aliphatic carbocycles. The molecule has 8 heteroatoms. The van der Waals surface area contributed by atoms with Gasteiger partial charge in [-0.3, -0.25) is 0 Å². The Labute approximate surface area is 112 Å². The minimum absolute atomic E-state index is 0.0409. The zero-order valence-electron chi connectivity index (χ0n) is 9.07. The molecule has 0 heterocycles. The van der Waals surface area contributed by atoms with Crippen LogP contribution in [-0.2, 0) is 13.8 Å². The molecule has 0 aliphatic rings. The summed E-state index contributed by atoms with van der Waals surface area (Å²) < 4.78 is 37.8. The van der Waals surface area contributed by atoms with E-state index in [1.165, 1.54) is 26.4 Å². The van der Waals surface area contributed by atoms with Crippen LogP contribution in [0.3, 0.4) is 0 Å². The van der Waals surface area contributed by atoms with E-state index in [0.29, 0.717) is 5.75 Å². The van der Waals surface area contributed by atoms with Crippen LogP contribution in [0, 0.1) is 0 Å². The molecule has 1 aromatic carbocycles. The van der Waals surface area contributed by atoms with E-state index >= 15 is 0 Å². The number of hydrogen-bond donors (Lipinski definition) is 0. The zero-order chi connectivity index (χ0) is 13.1. The van der Waals surface area contributed by atoms with E-state index in [1.807, 2.05) is 0 Å². The molecule has 0 amide bonds. The summed E-state index contributed by atoms with van der Waals surface area (Å²) in [4.78, 5) is -0.0916. The maximum Gasteiger partial charge on any atom is 0.262 e. The van der Waals surface area contributed by atoms with E-state index in [9.17, 15) is 8.42 Å². The summed E-state index contributed by atoms with van der Waals surface area (Å²) >= 11 is 3.11. The van der Waals surface area contributed by atoms with E-state index in [1.54, 1.807) is 0 Å². The molecular weight excluding hydrogens is 336 g/mol. The molecule has 0 atom stereocenters. The first kappa shape index (κ1) is 14.6. The van der Waals surface area contributed by atoms with E-state index in [2.05, 4.69) is 15.9 Å². The summed E-state index contributed by atoms with van der Waals surface area (Å²) in [6, 6.07) is 2.77. The molecule has 1 rings (SSSR count). The second kappa shape index (κ2) is 5.90. The van der Waals surface area contributed by atoms with Crippen LogP contribution in [0.25, 0.3) is 0 Å². The van der Waals surface area contributed by atoms with Crippen LogP contribution in [0.1, 0.15) is 0 Å². The van der Waals surface area contributed by atoms with Crippen molar-refractivity contribution >= 4 is 35.7 Å². The van der Waals surface area contributed by atoms with Gasteiger partial charge in [0.1, 0.15) is 4.90 Å². The van der Waals surface area contributed by atoms with Crippen molar-refractivity contribution in [2.24, 2.45) is 0 Å². The summed E-state index contributed by atoms with van der Waals surface area (Å²) in [7, 11) is 4.31. The van der Waals surface area contributed by atoms with E-state index in [4.69, 9.17) is 24.9 Å². The minimum Gasteiger partial charge on any atom is -0.493 e. The molecule has 0 radical (unpaired) electrons. The summed E-state index contributed by atoms with van der Waals surface area (Å²) in [6.45, 7) is -0.0409. The van der Waals surface area contributed by atoms with Gasteiger partial charge in [-0.25, -0.2) is 8.42 Å². The summed E-state index contributed by atoms with van der Waals surface area (Å²) in [5, 5.41) is 0. The predicted molar refractivity (Wildman–Crippen MR) is 66.2 cm³/mol. The van der Waals surface area contributed by atoms with Gasteiger partial charge in [0.2, 0.25) is 0 Å². The molecule has 0 bridgehead atoms.